The number of hydrogen-bond acceptors (Lipinski definition) is 3. The topological polar surface area (TPSA) is 45.6 Å². The molecule has 5 nitrogen and oxygen atoms in total. The summed E-state index contributed by atoms with van der Waals surface area (Å²) < 4.78 is 2.01. The zero-order valence-corrected chi connectivity index (χ0v) is 14.1. The van der Waals surface area contributed by atoms with Crippen LogP contribution in [0.1, 0.15) is 35.6 Å². The van der Waals surface area contributed by atoms with Gasteiger partial charge in [-0.1, -0.05) is 0 Å². The Morgan fingerprint density at radius 1 is 1.14 bits per heavy atom. The third-order valence-electron chi connectivity index (χ3n) is 4.01. The van der Waals surface area contributed by atoms with Crippen LogP contribution in [-0.4, -0.2) is 59.3 Å². The number of hydrogen-bond donors (Lipinski definition) is 0. The van der Waals surface area contributed by atoms with Gasteiger partial charge >= 0.3 is 0 Å². The maximum atomic E-state index is 12.4. The van der Waals surface area contributed by atoms with Gasteiger partial charge in [0.1, 0.15) is 0 Å². The lowest BCUT2D eigenvalue weighted by atomic mass is 10.1. The van der Waals surface area contributed by atoms with E-state index in [4.69, 9.17) is 0 Å². The Kier molecular flexibility index (Phi) is 6.15. The van der Waals surface area contributed by atoms with Gasteiger partial charge in [0.15, 0.2) is 5.78 Å². The summed E-state index contributed by atoms with van der Waals surface area (Å²) in [7, 11) is 3.76. The first-order valence-corrected chi connectivity index (χ1v) is 7.44. The van der Waals surface area contributed by atoms with Gasteiger partial charge in [-0.05, 0) is 40.8 Å². The van der Waals surface area contributed by atoms with Gasteiger partial charge in [-0.15, -0.1) is 0 Å². The number of rotatable bonds is 7. The molecule has 0 unspecified atom stereocenters. The van der Waals surface area contributed by atoms with E-state index in [-0.39, 0.29) is 24.8 Å². The summed E-state index contributed by atoms with van der Waals surface area (Å²) >= 11 is 0. The molecule has 0 atom stereocenters. The van der Waals surface area contributed by atoms with E-state index in [9.17, 15) is 9.59 Å². The zero-order chi connectivity index (χ0) is 16.2. The normalized spacial score (nSPS) is 11.0. The van der Waals surface area contributed by atoms with Crippen LogP contribution in [0.5, 0.6) is 0 Å². The molecule has 0 fully saturated rings. The molecule has 21 heavy (non-hydrogen) atoms. The highest BCUT2D eigenvalue weighted by molar-refractivity contribution is 5.99. The number of aromatic nitrogens is 1. The number of Topliss-reactive ketones (excluding diaryl/α,β-unsaturated/α-hetero) is 1. The highest BCUT2D eigenvalue weighted by Gasteiger charge is 2.18. The van der Waals surface area contributed by atoms with Crippen molar-refractivity contribution in [1.82, 2.24) is 14.4 Å². The lowest BCUT2D eigenvalue weighted by Gasteiger charge is -2.22. The first kappa shape index (κ1) is 17.4. The second-order valence-corrected chi connectivity index (χ2v) is 5.51. The van der Waals surface area contributed by atoms with Crippen molar-refractivity contribution in [3.05, 3.63) is 23.0 Å². The quantitative estimate of drug-likeness (QED) is 0.718. The molecular weight excluding hydrogens is 266 g/mol. The van der Waals surface area contributed by atoms with Crippen LogP contribution in [0, 0.1) is 13.8 Å². The summed E-state index contributed by atoms with van der Waals surface area (Å²) in [5, 5.41) is 0. The number of nitrogens with zero attached hydrogens (tertiary/aromatic N) is 3. The van der Waals surface area contributed by atoms with Crippen molar-refractivity contribution in [3.63, 3.8) is 0 Å². The molecule has 0 spiro atoms. The number of aryl methyl sites for hydroxylation is 1. The fraction of sp³-hybridized carbons (Fsp3) is 0.625. The minimum absolute atomic E-state index is 0.0612. The molecule has 0 saturated heterocycles. The van der Waals surface area contributed by atoms with Crippen LogP contribution in [0.2, 0.25) is 0 Å². The van der Waals surface area contributed by atoms with Crippen molar-refractivity contribution >= 4 is 11.7 Å². The largest absolute Gasteiger partial charge is 0.351 e. The molecule has 0 bridgehead atoms. The highest BCUT2D eigenvalue weighted by Crippen LogP contribution is 2.14. The van der Waals surface area contributed by atoms with E-state index < -0.39 is 0 Å². The van der Waals surface area contributed by atoms with Gasteiger partial charge in [-0.25, -0.2) is 0 Å². The molecule has 0 N–H and O–H groups in total. The van der Waals surface area contributed by atoms with Crippen molar-refractivity contribution in [2.45, 2.75) is 27.7 Å². The summed E-state index contributed by atoms with van der Waals surface area (Å²) in [5.41, 5.74) is 2.79. The molecule has 1 rings (SSSR count). The Labute approximate surface area is 127 Å². The van der Waals surface area contributed by atoms with Crippen molar-refractivity contribution < 1.29 is 9.59 Å². The minimum Gasteiger partial charge on any atom is -0.351 e. The van der Waals surface area contributed by atoms with E-state index in [1.54, 1.807) is 9.80 Å². The lowest BCUT2D eigenvalue weighted by Crippen LogP contribution is -2.40. The van der Waals surface area contributed by atoms with Crippen molar-refractivity contribution in [3.8, 4) is 0 Å². The maximum absolute atomic E-state index is 12.4. The third-order valence-corrected chi connectivity index (χ3v) is 4.01. The zero-order valence-electron chi connectivity index (χ0n) is 14.1. The average Bonchev–Trinajstić information content (AvgIpc) is 2.67. The summed E-state index contributed by atoms with van der Waals surface area (Å²) in [4.78, 5) is 27.9. The maximum Gasteiger partial charge on any atom is 0.236 e. The summed E-state index contributed by atoms with van der Waals surface area (Å²) in [6.07, 6.45) is 0. The molecule has 0 aromatic carbocycles. The van der Waals surface area contributed by atoms with E-state index >= 15 is 0 Å². The van der Waals surface area contributed by atoms with Crippen molar-refractivity contribution in [2.75, 3.05) is 33.2 Å². The number of amides is 1. The van der Waals surface area contributed by atoms with Crippen LogP contribution >= 0.6 is 0 Å². The second kappa shape index (κ2) is 7.41. The van der Waals surface area contributed by atoms with Crippen LogP contribution in [0.3, 0.4) is 0 Å². The Morgan fingerprint density at radius 3 is 2.14 bits per heavy atom. The van der Waals surface area contributed by atoms with Crippen LogP contribution in [0.4, 0.5) is 0 Å². The molecule has 0 aliphatic heterocycles. The van der Waals surface area contributed by atoms with Gasteiger partial charge in [-0.3, -0.25) is 14.5 Å². The van der Waals surface area contributed by atoms with E-state index in [0.29, 0.717) is 13.1 Å². The van der Waals surface area contributed by atoms with Gasteiger partial charge < -0.3 is 9.47 Å². The predicted molar refractivity (Wildman–Crippen MR) is 84.6 cm³/mol. The molecule has 1 aromatic heterocycles. The van der Waals surface area contributed by atoms with Gasteiger partial charge in [0.2, 0.25) is 5.91 Å². The van der Waals surface area contributed by atoms with Gasteiger partial charge in [0, 0.05) is 37.1 Å². The van der Waals surface area contributed by atoms with Gasteiger partial charge in [0.25, 0.3) is 0 Å². The predicted octanol–water partition coefficient (Wildman–Crippen LogP) is 1.62. The SMILES string of the molecule is CCN(CC)C(=O)CN(C)CC(=O)c1cc(C)n(C)c1C. The Balaban J connectivity index is 2.66. The highest BCUT2D eigenvalue weighted by atomic mass is 16.2. The van der Waals surface area contributed by atoms with Crippen LogP contribution < -0.4 is 0 Å². The molecule has 0 aliphatic carbocycles. The van der Waals surface area contributed by atoms with Crippen LogP contribution in [0.15, 0.2) is 6.07 Å². The molecular formula is C16H27N3O2. The van der Waals surface area contributed by atoms with Gasteiger partial charge in [-0.2, -0.15) is 0 Å². The first-order valence-electron chi connectivity index (χ1n) is 7.44. The Hall–Kier alpha value is -1.62. The summed E-state index contributed by atoms with van der Waals surface area (Å²) in [5.74, 6) is 0.127. The van der Waals surface area contributed by atoms with Gasteiger partial charge in [0.05, 0.1) is 13.1 Å². The van der Waals surface area contributed by atoms with Crippen LogP contribution in [0.25, 0.3) is 0 Å². The summed E-state index contributed by atoms with van der Waals surface area (Å²) in [6, 6.07) is 1.91. The molecule has 118 valence electrons. The Morgan fingerprint density at radius 2 is 1.71 bits per heavy atom. The summed E-state index contributed by atoms with van der Waals surface area (Å²) in [6.45, 7) is 9.79. The van der Waals surface area contributed by atoms with Crippen LogP contribution in [-0.2, 0) is 11.8 Å². The molecule has 5 heteroatoms. The lowest BCUT2D eigenvalue weighted by molar-refractivity contribution is -0.131. The minimum atomic E-state index is 0.0612. The van der Waals surface area contributed by atoms with E-state index in [0.717, 1.165) is 17.0 Å². The number of ketones is 1. The molecule has 0 radical (unpaired) electrons. The molecule has 0 saturated carbocycles. The smallest absolute Gasteiger partial charge is 0.236 e. The number of carbonyl (C=O) groups is 2. The molecule has 1 aromatic rings. The Bertz CT molecular complexity index is 516. The average molecular weight is 293 g/mol. The van der Waals surface area contributed by atoms with E-state index in [2.05, 4.69) is 0 Å². The van der Waals surface area contributed by atoms with Crippen molar-refractivity contribution in [1.29, 1.82) is 0 Å². The fourth-order valence-electron chi connectivity index (χ4n) is 2.43. The second-order valence-electron chi connectivity index (χ2n) is 5.51. The molecule has 1 heterocycles. The number of carbonyl (C=O) groups excluding carboxylic acids is 2. The first-order chi connectivity index (χ1) is 9.81. The number of likely N-dealkylation sites (N-methyl/N-ethyl adjacent to an activating group) is 2. The van der Waals surface area contributed by atoms with E-state index in [1.807, 2.05) is 52.4 Å². The fourth-order valence-corrected chi connectivity index (χ4v) is 2.43. The standard InChI is InChI=1S/C16H27N3O2/c1-7-19(8-2)16(21)11-17(5)10-15(20)14-9-12(3)18(6)13(14)4/h9H,7-8,10-11H2,1-6H3. The molecule has 1 amide bonds. The van der Waals surface area contributed by atoms with Crippen molar-refractivity contribution in [2.24, 2.45) is 7.05 Å². The molecule has 0 aliphatic rings. The monoisotopic (exact) mass is 293 g/mol. The van der Waals surface area contributed by atoms with E-state index in [1.165, 1.54) is 0 Å². The third kappa shape index (κ3) is 4.17.